The van der Waals surface area contributed by atoms with Gasteiger partial charge in [-0.1, -0.05) is 45.4 Å². The van der Waals surface area contributed by atoms with E-state index in [-0.39, 0.29) is 0 Å². The van der Waals surface area contributed by atoms with Gasteiger partial charge in [-0.15, -0.1) is 0 Å². The van der Waals surface area contributed by atoms with Crippen molar-refractivity contribution in [1.82, 2.24) is 5.16 Å². The van der Waals surface area contributed by atoms with Gasteiger partial charge in [-0.3, -0.25) is 4.79 Å². The first kappa shape index (κ1) is 11.2. The molecule has 1 aromatic heterocycles. The van der Waals surface area contributed by atoms with Crippen LogP contribution in [0.2, 0.25) is 0 Å². The molecule has 0 spiro atoms. The van der Waals surface area contributed by atoms with Crippen LogP contribution in [-0.2, 0) is 0 Å². The van der Waals surface area contributed by atoms with Gasteiger partial charge < -0.3 is 4.52 Å². The Morgan fingerprint density at radius 3 is 2.83 bits per heavy atom. The van der Waals surface area contributed by atoms with Gasteiger partial charge in [0.1, 0.15) is 5.69 Å². The molecule has 0 saturated heterocycles. The monoisotopic (exact) mass is 301 g/mol. The molecule has 0 atom stereocenters. The van der Waals surface area contributed by atoms with Crippen molar-refractivity contribution in [2.45, 2.75) is 0 Å². The molecule has 4 heteroatoms. The number of hydrogen-bond donors (Lipinski definition) is 0. The minimum absolute atomic E-state index is 0.607. The van der Waals surface area contributed by atoms with Crippen molar-refractivity contribution in [2.75, 3.05) is 0 Å². The molecule has 0 aliphatic carbocycles. The van der Waals surface area contributed by atoms with E-state index in [2.05, 4.69) is 21.1 Å². The number of carbonyl (C=O) groups is 1. The van der Waals surface area contributed by atoms with Gasteiger partial charge in [0.2, 0.25) is 0 Å². The van der Waals surface area contributed by atoms with Crippen molar-refractivity contribution in [1.29, 1.82) is 0 Å². The molecule has 0 N–H and O–H groups in total. The average molecular weight is 302 g/mol. The Hall–Kier alpha value is -1.94. The number of hydrogen-bond acceptors (Lipinski definition) is 3. The molecule has 0 saturated carbocycles. The van der Waals surface area contributed by atoms with E-state index in [9.17, 15) is 4.79 Å². The summed E-state index contributed by atoms with van der Waals surface area (Å²) < 4.78 is 6.22. The predicted molar refractivity (Wildman–Crippen MR) is 72.5 cm³/mol. The molecular weight excluding hydrogens is 294 g/mol. The minimum Gasteiger partial charge on any atom is -0.356 e. The van der Waals surface area contributed by atoms with E-state index >= 15 is 0 Å². The smallest absolute Gasteiger partial charge is 0.168 e. The number of nitrogens with zero attached hydrogens (tertiary/aromatic N) is 1. The van der Waals surface area contributed by atoms with Gasteiger partial charge in [-0.2, -0.15) is 0 Å². The second-order valence-corrected chi connectivity index (χ2v) is 4.79. The fraction of sp³-hybridized carbons (Fsp3) is 0. The van der Waals surface area contributed by atoms with E-state index in [0.717, 1.165) is 21.7 Å². The number of aromatic nitrogens is 1. The quantitative estimate of drug-likeness (QED) is 0.670. The SMILES string of the molecule is O=Cc1ccccc1-c1noc2cc(Br)ccc12. The van der Waals surface area contributed by atoms with Crippen molar-refractivity contribution >= 4 is 33.2 Å². The van der Waals surface area contributed by atoms with E-state index in [1.165, 1.54) is 0 Å². The number of fused-ring (bicyclic) bond motifs is 1. The highest BCUT2D eigenvalue weighted by molar-refractivity contribution is 9.10. The normalized spacial score (nSPS) is 10.7. The zero-order valence-corrected chi connectivity index (χ0v) is 10.8. The van der Waals surface area contributed by atoms with Crippen LogP contribution in [0.4, 0.5) is 0 Å². The number of halogens is 1. The van der Waals surface area contributed by atoms with Crippen LogP contribution in [0.5, 0.6) is 0 Å². The molecule has 0 unspecified atom stereocenters. The Morgan fingerprint density at radius 1 is 1.17 bits per heavy atom. The number of benzene rings is 2. The summed E-state index contributed by atoms with van der Waals surface area (Å²) in [7, 11) is 0. The van der Waals surface area contributed by atoms with Gasteiger partial charge in [-0.05, 0) is 18.2 Å². The van der Waals surface area contributed by atoms with Crippen molar-refractivity contribution < 1.29 is 9.32 Å². The number of rotatable bonds is 2. The van der Waals surface area contributed by atoms with Gasteiger partial charge in [0.25, 0.3) is 0 Å². The summed E-state index contributed by atoms with van der Waals surface area (Å²) in [5.41, 5.74) is 2.78. The lowest BCUT2D eigenvalue weighted by Crippen LogP contribution is -1.87. The van der Waals surface area contributed by atoms with Gasteiger partial charge in [0.05, 0.1) is 0 Å². The van der Waals surface area contributed by atoms with E-state index in [0.29, 0.717) is 16.8 Å². The van der Waals surface area contributed by atoms with E-state index in [1.54, 1.807) is 6.07 Å². The molecule has 0 radical (unpaired) electrons. The summed E-state index contributed by atoms with van der Waals surface area (Å²) in [4.78, 5) is 11.0. The lowest BCUT2D eigenvalue weighted by atomic mass is 10.0. The predicted octanol–water partition coefficient (Wildman–Crippen LogP) is 4.07. The van der Waals surface area contributed by atoms with Crippen molar-refractivity contribution in [3.63, 3.8) is 0 Å². The first-order valence-corrected chi connectivity index (χ1v) is 6.18. The highest BCUT2D eigenvalue weighted by Gasteiger charge is 2.13. The summed E-state index contributed by atoms with van der Waals surface area (Å²) >= 11 is 3.38. The van der Waals surface area contributed by atoms with Crippen LogP contribution in [0.1, 0.15) is 10.4 Å². The number of carbonyl (C=O) groups excluding carboxylic acids is 1. The van der Waals surface area contributed by atoms with Crippen LogP contribution in [0.15, 0.2) is 51.5 Å². The fourth-order valence-corrected chi connectivity index (χ4v) is 2.26. The maximum Gasteiger partial charge on any atom is 0.168 e. The molecular formula is C14H8BrNO2. The Labute approximate surface area is 112 Å². The van der Waals surface area contributed by atoms with Crippen LogP contribution in [-0.4, -0.2) is 11.4 Å². The summed E-state index contributed by atoms with van der Waals surface area (Å²) in [5.74, 6) is 0. The minimum atomic E-state index is 0.607. The topological polar surface area (TPSA) is 43.1 Å². The third-order valence-electron chi connectivity index (χ3n) is 2.78. The fourth-order valence-electron chi connectivity index (χ4n) is 1.92. The van der Waals surface area contributed by atoms with Crippen LogP contribution >= 0.6 is 15.9 Å². The van der Waals surface area contributed by atoms with Crippen molar-refractivity contribution in [3.05, 3.63) is 52.5 Å². The highest BCUT2D eigenvalue weighted by atomic mass is 79.9. The molecule has 2 aromatic carbocycles. The third kappa shape index (κ3) is 1.75. The Bertz CT molecular complexity index is 733. The Balaban J connectivity index is 2.29. The van der Waals surface area contributed by atoms with Crippen molar-refractivity contribution in [2.24, 2.45) is 0 Å². The average Bonchev–Trinajstić information content (AvgIpc) is 2.81. The molecule has 18 heavy (non-hydrogen) atoms. The molecule has 0 aliphatic heterocycles. The lowest BCUT2D eigenvalue weighted by Gasteiger charge is -2.00. The van der Waals surface area contributed by atoms with Gasteiger partial charge in [-0.25, -0.2) is 0 Å². The molecule has 0 amide bonds. The first-order valence-electron chi connectivity index (χ1n) is 5.39. The van der Waals surface area contributed by atoms with Crippen LogP contribution in [0, 0.1) is 0 Å². The zero-order chi connectivity index (χ0) is 12.5. The maximum absolute atomic E-state index is 11.0. The van der Waals surface area contributed by atoms with E-state index < -0.39 is 0 Å². The molecule has 3 aromatic rings. The molecule has 88 valence electrons. The Kier molecular flexibility index (Phi) is 2.72. The van der Waals surface area contributed by atoms with Gasteiger partial charge in [0.15, 0.2) is 11.9 Å². The van der Waals surface area contributed by atoms with Crippen LogP contribution in [0.3, 0.4) is 0 Å². The summed E-state index contributed by atoms with van der Waals surface area (Å²) in [6, 6.07) is 13.0. The summed E-state index contributed by atoms with van der Waals surface area (Å²) in [6.45, 7) is 0. The molecule has 1 heterocycles. The van der Waals surface area contributed by atoms with Crippen LogP contribution in [0.25, 0.3) is 22.2 Å². The zero-order valence-electron chi connectivity index (χ0n) is 9.26. The van der Waals surface area contributed by atoms with Crippen LogP contribution < -0.4 is 0 Å². The van der Waals surface area contributed by atoms with Gasteiger partial charge >= 0.3 is 0 Å². The van der Waals surface area contributed by atoms with E-state index in [1.807, 2.05) is 36.4 Å². The maximum atomic E-state index is 11.0. The summed E-state index contributed by atoms with van der Waals surface area (Å²) in [5, 5.41) is 4.96. The third-order valence-corrected chi connectivity index (χ3v) is 3.27. The molecule has 3 nitrogen and oxygen atoms in total. The second kappa shape index (κ2) is 4.38. The molecule has 0 fully saturated rings. The summed E-state index contributed by atoms with van der Waals surface area (Å²) in [6.07, 6.45) is 0.828. The number of aldehydes is 1. The molecule has 0 bridgehead atoms. The molecule has 0 aliphatic rings. The van der Waals surface area contributed by atoms with E-state index in [4.69, 9.17) is 4.52 Å². The highest BCUT2D eigenvalue weighted by Crippen LogP contribution is 2.31. The Morgan fingerprint density at radius 2 is 2.00 bits per heavy atom. The van der Waals surface area contributed by atoms with Gasteiger partial charge in [0, 0.05) is 21.0 Å². The lowest BCUT2D eigenvalue weighted by molar-refractivity contribution is 0.112. The molecule has 3 rings (SSSR count). The standard InChI is InChI=1S/C14H8BrNO2/c15-10-5-6-12-13(7-10)18-16-14(12)11-4-2-1-3-9(11)8-17/h1-8H. The largest absolute Gasteiger partial charge is 0.356 e. The van der Waals surface area contributed by atoms with Crippen molar-refractivity contribution in [3.8, 4) is 11.3 Å². The first-order chi connectivity index (χ1) is 8.79. The second-order valence-electron chi connectivity index (χ2n) is 3.88.